The van der Waals surface area contributed by atoms with Gasteiger partial charge in [0.25, 0.3) is 0 Å². The topological polar surface area (TPSA) is 44.8 Å². The predicted molar refractivity (Wildman–Crippen MR) is 84.4 cm³/mol. The molecule has 0 radical (unpaired) electrons. The van der Waals surface area contributed by atoms with E-state index in [9.17, 15) is 4.79 Å². The standard InChI is InChI=1S/C16H31N3O2/c1-12(2)18-7-5-6-15(11-18)8-17-16(20)19-9-13(3)21-14(4)10-19/h12-15H,5-11H2,1-4H3,(H,17,20)/t13-,14+,15-/m0/s1. The van der Waals surface area contributed by atoms with Gasteiger partial charge in [-0.2, -0.15) is 0 Å². The molecule has 0 aromatic carbocycles. The van der Waals surface area contributed by atoms with Gasteiger partial charge in [0.15, 0.2) is 0 Å². The van der Waals surface area contributed by atoms with Crippen LogP contribution in [0.3, 0.4) is 0 Å². The fourth-order valence-corrected chi connectivity index (χ4v) is 3.42. The van der Waals surface area contributed by atoms with Crippen molar-refractivity contribution >= 4 is 6.03 Å². The van der Waals surface area contributed by atoms with Crippen LogP contribution >= 0.6 is 0 Å². The predicted octanol–water partition coefficient (Wildman–Crippen LogP) is 1.93. The van der Waals surface area contributed by atoms with Crippen LogP contribution in [0.5, 0.6) is 0 Å². The van der Waals surface area contributed by atoms with E-state index in [0.29, 0.717) is 25.0 Å². The van der Waals surface area contributed by atoms with Crippen LogP contribution < -0.4 is 5.32 Å². The zero-order valence-corrected chi connectivity index (χ0v) is 14.0. The summed E-state index contributed by atoms with van der Waals surface area (Å²) in [5.74, 6) is 0.584. The van der Waals surface area contributed by atoms with E-state index in [1.54, 1.807) is 0 Å². The summed E-state index contributed by atoms with van der Waals surface area (Å²) in [6.45, 7) is 13.0. The number of piperidine rings is 1. The SMILES string of the molecule is CC(C)N1CCC[C@@H](CNC(=O)N2C[C@@H](C)O[C@@H](C)C2)C1. The van der Waals surface area contributed by atoms with Gasteiger partial charge in [-0.15, -0.1) is 0 Å². The van der Waals surface area contributed by atoms with Gasteiger partial charge in [0.2, 0.25) is 0 Å². The number of carbonyl (C=O) groups is 1. The Balaban J connectivity index is 1.75. The van der Waals surface area contributed by atoms with E-state index in [1.807, 2.05) is 18.7 Å². The van der Waals surface area contributed by atoms with Crippen LogP contribution in [0, 0.1) is 5.92 Å². The van der Waals surface area contributed by atoms with Crippen molar-refractivity contribution in [3.8, 4) is 0 Å². The van der Waals surface area contributed by atoms with Crippen molar-refractivity contribution in [1.29, 1.82) is 0 Å². The molecule has 0 aromatic rings. The van der Waals surface area contributed by atoms with Gasteiger partial charge in [-0.1, -0.05) is 0 Å². The van der Waals surface area contributed by atoms with E-state index >= 15 is 0 Å². The fraction of sp³-hybridized carbons (Fsp3) is 0.938. The van der Waals surface area contributed by atoms with Gasteiger partial charge in [-0.3, -0.25) is 0 Å². The summed E-state index contributed by atoms with van der Waals surface area (Å²) in [5, 5.41) is 3.13. The third-order valence-corrected chi connectivity index (χ3v) is 4.53. The summed E-state index contributed by atoms with van der Waals surface area (Å²) in [7, 11) is 0. The monoisotopic (exact) mass is 297 g/mol. The highest BCUT2D eigenvalue weighted by Crippen LogP contribution is 2.18. The number of ether oxygens (including phenoxy) is 1. The molecule has 0 unspecified atom stereocenters. The third-order valence-electron chi connectivity index (χ3n) is 4.53. The lowest BCUT2D eigenvalue weighted by molar-refractivity contribution is -0.0546. The first-order chi connectivity index (χ1) is 9.95. The van der Waals surface area contributed by atoms with Crippen molar-refractivity contribution in [2.45, 2.75) is 58.8 Å². The average Bonchev–Trinajstić information content (AvgIpc) is 2.44. The van der Waals surface area contributed by atoms with Gasteiger partial charge in [-0.05, 0) is 53.0 Å². The highest BCUT2D eigenvalue weighted by atomic mass is 16.5. The minimum atomic E-state index is 0.0682. The second-order valence-corrected chi connectivity index (χ2v) is 6.95. The van der Waals surface area contributed by atoms with Crippen LogP contribution in [0.1, 0.15) is 40.5 Å². The number of hydrogen-bond donors (Lipinski definition) is 1. The number of amides is 2. The van der Waals surface area contributed by atoms with E-state index in [-0.39, 0.29) is 18.2 Å². The largest absolute Gasteiger partial charge is 0.372 e. The van der Waals surface area contributed by atoms with Gasteiger partial charge in [-0.25, -0.2) is 4.79 Å². The molecule has 122 valence electrons. The van der Waals surface area contributed by atoms with Crippen LogP contribution in [0.15, 0.2) is 0 Å². The van der Waals surface area contributed by atoms with Crippen LogP contribution in [0.2, 0.25) is 0 Å². The molecule has 5 nitrogen and oxygen atoms in total. The average molecular weight is 297 g/mol. The molecule has 2 aliphatic heterocycles. The molecule has 2 amide bonds. The number of urea groups is 1. The minimum absolute atomic E-state index is 0.0682. The van der Waals surface area contributed by atoms with Gasteiger partial charge < -0.3 is 19.9 Å². The normalized spacial score (nSPS) is 31.5. The molecule has 2 saturated heterocycles. The quantitative estimate of drug-likeness (QED) is 0.865. The Morgan fingerprint density at radius 1 is 1.24 bits per heavy atom. The molecule has 0 saturated carbocycles. The molecule has 2 aliphatic rings. The maximum Gasteiger partial charge on any atom is 0.317 e. The summed E-state index contributed by atoms with van der Waals surface area (Å²) in [4.78, 5) is 16.7. The van der Waals surface area contributed by atoms with Crippen LogP contribution in [-0.4, -0.2) is 66.8 Å². The molecule has 3 atom stereocenters. The zero-order valence-electron chi connectivity index (χ0n) is 14.0. The highest BCUT2D eigenvalue weighted by molar-refractivity contribution is 5.74. The number of likely N-dealkylation sites (tertiary alicyclic amines) is 1. The summed E-state index contributed by atoms with van der Waals surface area (Å²) in [5.41, 5.74) is 0. The molecular formula is C16H31N3O2. The molecular weight excluding hydrogens is 266 g/mol. The van der Waals surface area contributed by atoms with Crippen molar-refractivity contribution in [2.75, 3.05) is 32.7 Å². The lowest BCUT2D eigenvalue weighted by Crippen LogP contribution is -2.53. The number of morpholine rings is 1. The summed E-state index contributed by atoms with van der Waals surface area (Å²) in [6, 6.07) is 0.670. The first-order valence-corrected chi connectivity index (χ1v) is 8.38. The number of nitrogens with zero attached hydrogens (tertiary/aromatic N) is 2. The molecule has 21 heavy (non-hydrogen) atoms. The molecule has 0 aromatic heterocycles. The van der Waals surface area contributed by atoms with Crippen LogP contribution in [-0.2, 0) is 4.74 Å². The van der Waals surface area contributed by atoms with E-state index in [4.69, 9.17) is 4.74 Å². The summed E-state index contributed by atoms with van der Waals surface area (Å²) in [6.07, 6.45) is 2.72. The van der Waals surface area contributed by atoms with Crippen molar-refractivity contribution in [3.05, 3.63) is 0 Å². The Morgan fingerprint density at radius 3 is 2.52 bits per heavy atom. The molecule has 5 heteroatoms. The van der Waals surface area contributed by atoms with Gasteiger partial charge in [0.05, 0.1) is 12.2 Å². The maximum atomic E-state index is 12.3. The van der Waals surface area contributed by atoms with Crippen molar-refractivity contribution in [3.63, 3.8) is 0 Å². The smallest absolute Gasteiger partial charge is 0.317 e. The Morgan fingerprint density at radius 2 is 1.90 bits per heavy atom. The van der Waals surface area contributed by atoms with Crippen LogP contribution in [0.25, 0.3) is 0 Å². The molecule has 0 spiro atoms. The molecule has 1 N–H and O–H groups in total. The Bertz CT molecular complexity index is 338. The van der Waals surface area contributed by atoms with E-state index in [2.05, 4.69) is 24.1 Å². The molecule has 2 rings (SSSR count). The van der Waals surface area contributed by atoms with Gasteiger partial charge in [0, 0.05) is 32.2 Å². The fourth-order valence-electron chi connectivity index (χ4n) is 3.42. The molecule has 2 heterocycles. The maximum absolute atomic E-state index is 12.3. The van der Waals surface area contributed by atoms with Crippen molar-refractivity contribution in [1.82, 2.24) is 15.1 Å². The van der Waals surface area contributed by atoms with Gasteiger partial charge in [0.1, 0.15) is 0 Å². The minimum Gasteiger partial charge on any atom is -0.372 e. The number of carbonyl (C=O) groups excluding carboxylic acids is 1. The lowest BCUT2D eigenvalue weighted by atomic mass is 9.97. The summed E-state index contributed by atoms with van der Waals surface area (Å²) >= 11 is 0. The van der Waals surface area contributed by atoms with Crippen molar-refractivity contribution in [2.24, 2.45) is 5.92 Å². The Labute approximate surface area is 129 Å². The third kappa shape index (κ3) is 4.85. The number of hydrogen-bond acceptors (Lipinski definition) is 3. The number of nitrogens with one attached hydrogen (secondary N) is 1. The van der Waals surface area contributed by atoms with E-state index in [0.717, 1.165) is 13.1 Å². The molecule has 2 fully saturated rings. The number of rotatable bonds is 3. The zero-order chi connectivity index (χ0) is 15.4. The second kappa shape index (κ2) is 7.45. The van der Waals surface area contributed by atoms with Gasteiger partial charge >= 0.3 is 6.03 Å². The van der Waals surface area contributed by atoms with Crippen molar-refractivity contribution < 1.29 is 9.53 Å². The highest BCUT2D eigenvalue weighted by Gasteiger charge is 2.27. The first kappa shape index (κ1) is 16.6. The second-order valence-electron chi connectivity index (χ2n) is 6.95. The van der Waals surface area contributed by atoms with E-state index in [1.165, 1.54) is 19.4 Å². The first-order valence-electron chi connectivity index (χ1n) is 8.38. The molecule has 0 bridgehead atoms. The Hall–Kier alpha value is -0.810. The summed E-state index contributed by atoms with van der Waals surface area (Å²) < 4.78 is 5.67. The lowest BCUT2D eigenvalue weighted by Gasteiger charge is -2.37. The molecule has 0 aliphatic carbocycles. The Kier molecular flexibility index (Phi) is 5.88. The van der Waals surface area contributed by atoms with E-state index < -0.39 is 0 Å². The van der Waals surface area contributed by atoms with Crippen LogP contribution in [0.4, 0.5) is 4.79 Å².